The van der Waals surface area contributed by atoms with Gasteiger partial charge in [0, 0.05) is 11.8 Å². The van der Waals surface area contributed by atoms with Crippen LogP contribution in [0, 0.1) is 6.92 Å². The zero-order valence-corrected chi connectivity index (χ0v) is 10.9. The van der Waals surface area contributed by atoms with Crippen molar-refractivity contribution in [2.24, 2.45) is 0 Å². The Kier molecular flexibility index (Phi) is 2.88. The highest BCUT2D eigenvalue weighted by atomic mass is 15.3. The molecule has 0 amide bonds. The predicted molar refractivity (Wildman–Crippen MR) is 77.1 cm³/mol. The quantitative estimate of drug-likeness (QED) is 0.666. The molecule has 3 heteroatoms. The molecule has 94 valence electrons. The van der Waals surface area contributed by atoms with Gasteiger partial charge in [-0.1, -0.05) is 30.3 Å². The van der Waals surface area contributed by atoms with Crippen molar-refractivity contribution in [3.05, 3.63) is 66.6 Å². The van der Waals surface area contributed by atoms with Crippen LogP contribution in [0.15, 0.2) is 55.3 Å². The fourth-order valence-corrected chi connectivity index (χ4v) is 2.23. The topological polar surface area (TPSA) is 30.2 Å². The summed E-state index contributed by atoms with van der Waals surface area (Å²) in [6, 6.07) is 12.6. The molecule has 0 fully saturated rings. The van der Waals surface area contributed by atoms with Crippen molar-refractivity contribution in [2.75, 3.05) is 0 Å². The Balaban J connectivity index is 2.10. The number of hydrogen-bond acceptors (Lipinski definition) is 2. The van der Waals surface area contributed by atoms with Gasteiger partial charge in [0.25, 0.3) is 0 Å². The van der Waals surface area contributed by atoms with Crippen molar-refractivity contribution in [3.8, 4) is 11.1 Å². The van der Waals surface area contributed by atoms with E-state index in [1.54, 1.807) is 0 Å². The summed E-state index contributed by atoms with van der Waals surface area (Å²) < 4.78 is 1.82. The van der Waals surface area contributed by atoms with Crippen LogP contribution in [0.25, 0.3) is 16.8 Å². The first-order valence-electron chi connectivity index (χ1n) is 6.30. The molecule has 0 bridgehead atoms. The van der Waals surface area contributed by atoms with Crippen LogP contribution >= 0.6 is 0 Å². The average molecular weight is 249 g/mol. The van der Waals surface area contributed by atoms with Crippen molar-refractivity contribution < 1.29 is 0 Å². The maximum atomic E-state index is 4.48. The summed E-state index contributed by atoms with van der Waals surface area (Å²) >= 11 is 0. The number of rotatable bonds is 3. The largest absolute Gasteiger partial charge is 0.220 e. The van der Waals surface area contributed by atoms with E-state index in [1.165, 1.54) is 5.56 Å². The molecule has 0 radical (unpaired) electrons. The van der Waals surface area contributed by atoms with Crippen LogP contribution < -0.4 is 0 Å². The lowest BCUT2D eigenvalue weighted by Crippen LogP contribution is -1.90. The van der Waals surface area contributed by atoms with Crippen molar-refractivity contribution in [3.63, 3.8) is 0 Å². The maximum absolute atomic E-state index is 4.48. The number of hydrogen-bond donors (Lipinski definition) is 0. The minimum Gasteiger partial charge on any atom is -0.220 e. The second-order valence-corrected chi connectivity index (χ2v) is 4.54. The maximum Gasteiger partial charge on any atom is 0.163 e. The minimum atomic E-state index is 0.788. The smallest absolute Gasteiger partial charge is 0.163 e. The highest BCUT2D eigenvalue weighted by Crippen LogP contribution is 2.23. The fourth-order valence-electron chi connectivity index (χ4n) is 2.23. The lowest BCUT2D eigenvalue weighted by Gasteiger charge is -2.04. The molecule has 3 nitrogen and oxygen atoms in total. The van der Waals surface area contributed by atoms with E-state index < -0.39 is 0 Å². The zero-order chi connectivity index (χ0) is 13.2. The van der Waals surface area contributed by atoms with Gasteiger partial charge in [0.05, 0.1) is 0 Å². The van der Waals surface area contributed by atoms with E-state index in [9.17, 15) is 0 Å². The van der Waals surface area contributed by atoms with Crippen LogP contribution in [0.4, 0.5) is 0 Å². The Morgan fingerprint density at radius 3 is 2.74 bits per heavy atom. The third-order valence-electron chi connectivity index (χ3n) is 3.11. The van der Waals surface area contributed by atoms with E-state index in [2.05, 4.69) is 47.0 Å². The number of aryl methyl sites for hydroxylation is 1. The van der Waals surface area contributed by atoms with E-state index >= 15 is 0 Å². The van der Waals surface area contributed by atoms with Crippen molar-refractivity contribution >= 4 is 5.65 Å². The van der Waals surface area contributed by atoms with Gasteiger partial charge in [0.1, 0.15) is 5.82 Å². The van der Waals surface area contributed by atoms with Gasteiger partial charge in [0.15, 0.2) is 5.65 Å². The Bertz CT molecular complexity index is 723. The molecule has 0 aliphatic carbocycles. The number of allylic oxidation sites excluding steroid dienone is 1. The molecule has 3 aromatic rings. The van der Waals surface area contributed by atoms with Gasteiger partial charge < -0.3 is 0 Å². The molecule has 0 unspecified atom stereocenters. The summed E-state index contributed by atoms with van der Waals surface area (Å²) in [5.74, 6) is 0.788. The number of aromatic nitrogens is 3. The van der Waals surface area contributed by atoms with Crippen molar-refractivity contribution in [1.29, 1.82) is 0 Å². The second kappa shape index (κ2) is 4.69. The summed E-state index contributed by atoms with van der Waals surface area (Å²) in [5, 5.41) is 4.34. The van der Waals surface area contributed by atoms with Gasteiger partial charge >= 0.3 is 0 Å². The molecule has 0 saturated carbocycles. The molecular formula is C16H15N3. The Labute approximate surface area is 112 Å². The molecular weight excluding hydrogens is 234 g/mol. The van der Waals surface area contributed by atoms with E-state index in [4.69, 9.17) is 0 Å². The number of fused-ring (bicyclic) bond motifs is 1. The van der Waals surface area contributed by atoms with Crippen LogP contribution in [0.2, 0.25) is 0 Å². The Hall–Kier alpha value is -2.42. The van der Waals surface area contributed by atoms with Gasteiger partial charge in [0.2, 0.25) is 0 Å². The van der Waals surface area contributed by atoms with Crippen molar-refractivity contribution in [2.45, 2.75) is 13.3 Å². The van der Waals surface area contributed by atoms with Crippen LogP contribution in [0.1, 0.15) is 11.4 Å². The number of benzene rings is 1. The van der Waals surface area contributed by atoms with Crippen LogP contribution in [-0.4, -0.2) is 14.6 Å². The van der Waals surface area contributed by atoms with Crippen LogP contribution in [0.5, 0.6) is 0 Å². The third-order valence-corrected chi connectivity index (χ3v) is 3.11. The van der Waals surface area contributed by atoms with Gasteiger partial charge in [-0.05, 0) is 36.6 Å². The summed E-state index contributed by atoms with van der Waals surface area (Å²) in [4.78, 5) is 4.48. The third kappa shape index (κ3) is 2.15. The van der Waals surface area contributed by atoms with E-state index in [0.29, 0.717) is 0 Å². The minimum absolute atomic E-state index is 0.788. The summed E-state index contributed by atoms with van der Waals surface area (Å²) in [6.45, 7) is 5.67. The lowest BCUT2D eigenvalue weighted by molar-refractivity contribution is 0.931. The van der Waals surface area contributed by atoms with Crippen molar-refractivity contribution in [1.82, 2.24) is 14.6 Å². The summed E-state index contributed by atoms with van der Waals surface area (Å²) in [6.07, 6.45) is 4.73. The Morgan fingerprint density at radius 2 is 2.00 bits per heavy atom. The predicted octanol–water partition coefficient (Wildman–Crippen LogP) is 3.43. The van der Waals surface area contributed by atoms with Crippen LogP contribution in [-0.2, 0) is 6.42 Å². The van der Waals surface area contributed by atoms with E-state index in [0.717, 1.165) is 29.0 Å². The number of pyridine rings is 1. The first kappa shape index (κ1) is 11.7. The van der Waals surface area contributed by atoms with Crippen LogP contribution in [0.3, 0.4) is 0 Å². The standard InChI is InChI=1S/C16H15N3/c1-3-5-13-7-9-14(10-8-13)15-6-4-11-19-16(15)17-12(2)18-19/h3-4,6-11H,1,5H2,2H3. The molecule has 1 aromatic carbocycles. The normalized spacial score (nSPS) is 10.8. The van der Waals surface area contributed by atoms with Gasteiger partial charge in [-0.15, -0.1) is 6.58 Å². The van der Waals surface area contributed by atoms with E-state index in [1.807, 2.05) is 29.8 Å². The molecule has 0 atom stereocenters. The van der Waals surface area contributed by atoms with E-state index in [-0.39, 0.29) is 0 Å². The molecule has 0 aliphatic heterocycles. The molecule has 3 rings (SSSR count). The molecule has 2 aromatic heterocycles. The monoisotopic (exact) mass is 249 g/mol. The molecule has 0 spiro atoms. The highest BCUT2D eigenvalue weighted by Gasteiger charge is 2.07. The fraction of sp³-hybridized carbons (Fsp3) is 0.125. The Morgan fingerprint density at radius 1 is 1.21 bits per heavy atom. The molecule has 2 heterocycles. The average Bonchev–Trinajstić information content (AvgIpc) is 2.80. The van der Waals surface area contributed by atoms with Gasteiger partial charge in [-0.2, -0.15) is 5.10 Å². The molecule has 0 saturated heterocycles. The molecule has 0 N–H and O–H groups in total. The zero-order valence-electron chi connectivity index (χ0n) is 10.9. The second-order valence-electron chi connectivity index (χ2n) is 4.54. The van der Waals surface area contributed by atoms with Gasteiger partial charge in [-0.25, -0.2) is 9.50 Å². The molecule has 19 heavy (non-hydrogen) atoms. The summed E-state index contributed by atoms with van der Waals surface area (Å²) in [7, 11) is 0. The number of nitrogens with zero attached hydrogens (tertiary/aromatic N) is 3. The summed E-state index contributed by atoms with van der Waals surface area (Å²) in [5.41, 5.74) is 4.43. The first-order chi connectivity index (χ1) is 9.28. The highest BCUT2D eigenvalue weighted by molar-refractivity contribution is 5.77. The molecule has 0 aliphatic rings. The first-order valence-corrected chi connectivity index (χ1v) is 6.30. The van der Waals surface area contributed by atoms with Gasteiger partial charge in [-0.3, -0.25) is 0 Å². The lowest BCUT2D eigenvalue weighted by atomic mass is 10.0. The SMILES string of the molecule is C=CCc1ccc(-c2cccn3nc(C)nc23)cc1.